The zero-order chi connectivity index (χ0) is 8.65. The van der Waals surface area contributed by atoms with Gasteiger partial charge in [-0.1, -0.05) is 0 Å². The molecule has 0 bridgehead atoms. The lowest BCUT2D eigenvalue weighted by Crippen LogP contribution is -2.46. The first kappa shape index (κ1) is 9.92. The molecule has 0 atom stereocenters. The Morgan fingerprint density at radius 2 is 2.00 bits per heavy atom. The van der Waals surface area contributed by atoms with Crippen LogP contribution in [0.1, 0.15) is 6.42 Å². The molecule has 72 valence electrons. The van der Waals surface area contributed by atoms with Crippen LogP contribution in [0, 0.1) is 0 Å². The van der Waals surface area contributed by atoms with E-state index in [1.807, 2.05) is 7.05 Å². The van der Waals surface area contributed by atoms with Gasteiger partial charge in [0.2, 0.25) is 0 Å². The lowest BCUT2D eigenvalue weighted by Gasteiger charge is -2.27. The van der Waals surface area contributed by atoms with Crippen LogP contribution in [0.2, 0.25) is 0 Å². The summed E-state index contributed by atoms with van der Waals surface area (Å²) < 4.78 is 5.23. The van der Waals surface area contributed by atoms with Crippen molar-refractivity contribution < 1.29 is 4.74 Å². The Bertz CT molecular complexity index is 104. The number of hydrogen-bond donors (Lipinski definition) is 2. The van der Waals surface area contributed by atoms with Gasteiger partial charge in [0.15, 0.2) is 0 Å². The summed E-state index contributed by atoms with van der Waals surface area (Å²) in [5.41, 5.74) is 3.37. The summed E-state index contributed by atoms with van der Waals surface area (Å²) in [5.74, 6) is 0. The van der Waals surface area contributed by atoms with Gasteiger partial charge in [-0.05, 0) is 20.0 Å². The van der Waals surface area contributed by atoms with Crippen LogP contribution in [0.5, 0.6) is 0 Å². The van der Waals surface area contributed by atoms with Crippen molar-refractivity contribution in [2.75, 3.05) is 46.4 Å². The fraction of sp³-hybridized carbons (Fsp3) is 1.00. The number of hydrazine groups is 1. The minimum atomic E-state index is 0.860. The molecule has 1 aliphatic rings. The van der Waals surface area contributed by atoms with Gasteiger partial charge in [0, 0.05) is 19.6 Å². The molecule has 1 fully saturated rings. The molecule has 2 N–H and O–H groups in total. The Hall–Kier alpha value is -0.160. The van der Waals surface area contributed by atoms with E-state index in [0.717, 1.165) is 39.4 Å². The monoisotopic (exact) mass is 173 g/mol. The average molecular weight is 173 g/mol. The van der Waals surface area contributed by atoms with Gasteiger partial charge in [-0.15, -0.1) is 0 Å². The Labute approximate surface area is 74.2 Å². The third-order valence-corrected chi connectivity index (χ3v) is 1.95. The molecule has 0 spiro atoms. The fourth-order valence-corrected chi connectivity index (χ4v) is 1.22. The Balaban J connectivity index is 1.91. The van der Waals surface area contributed by atoms with E-state index < -0.39 is 0 Å². The summed E-state index contributed by atoms with van der Waals surface area (Å²) in [5, 5.41) is 5.36. The molecule has 0 unspecified atom stereocenters. The van der Waals surface area contributed by atoms with E-state index in [1.54, 1.807) is 0 Å². The van der Waals surface area contributed by atoms with Gasteiger partial charge in [-0.2, -0.15) is 0 Å². The number of ether oxygens (including phenoxy) is 1. The zero-order valence-electron chi connectivity index (χ0n) is 7.81. The van der Waals surface area contributed by atoms with E-state index in [4.69, 9.17) is 4.74 Å². The van der Waals surface area contributed by atoms with E-state index >= 15 is 0 Å². The first-order chi connectivity index (χ1) is 5.93. The molecule has 1 aliphatic heterocycles. The van der Waals surface area contributed by atoms with Crippen LogP contribution < -0.4 is 10.7 Å². The van der Waals surface area contributed by atoms with Crippen LogP contribution in [0.4, 0.5) is 0 Å². The second kappa shape index (κ2) is 6.37. The molecular weight excluding hydrogens is 154 g/mol. The Morgan fingerprint density at radius 1 is 1.25 bits per heavy atom. The third-order valence-electron chi connectivity index (χ3n) is 1.95. The number of morpholine rings is 1. The Morgan fingerprint density at radius 3 is 2.67 bits per heavy atom. The largest absolute Gasteiger partial charge is 0.379 e. The van der Waals surface area contributed by atoms with E-state index in [0.29, 0.717) is 0 Å². The second-order valence-corrected chi connectivity index (χ2v) is 2.96. The van der Waals surface area contributed by atoms with Crippen molar-refractivity contribution in [3.63, 3.8) is 0 Å². The van der Waals surface area contributed by atoms with E-state index in [2.05, 4.69) is 15.8 Å². The molecule has 4 nitrogen and oxygen atoms in total. The highest BCUT2D eigenvalue weighted by molar-refractivity contribution is 4.57. The van der Waals surface area contributed by atoms with Crippen molar-refractivity contribution >= 4 is 0 Å². The average Bonchev–Trinajstić information content (AvgIpc) is 2.14. The maximum absolute atomic E-state index is 5.23. The zero-order valence-corrected chi connectivity index (χ0v) is 7.81. The first-order valence-corrected chi connectivity index (χ1v) is 4.64. The maximum atomic E-state index is 5.23. The van der Waals surface area contributed by atoms with Gasteiger partial charge in [0.25, 0.3) is 0 Å². The van der Waals surface area contributed by atoms with E-state index in [-0.39, 0.29) is 0 Å². The highest BCUT2D eigenvalue weighted by Crippen LogP contribution is 1.91. The second-order valence-electron chi connectivity index (χ2n) is 2.96. The topological polar surface area (TPSA) is 36.5 Å². The maximum Gasteiger partial charge on any atom is 0.0608 e. The van der Waals surface area contributed by atoms with Gasteiger partial charge in [0.05, 0.1) is 13.2 Å². The molecule has 0 aliphatic carbocycles. The smallest absolute Gasteiger partial charge is 0.0608 e. The molecule has 0 aromatic carbocycles. The lowest BCUT2D eigenvalue weighted by molar-refractivity contribution is 0.0120. The van der Waals surface area contributed by atoms with Crippen LogP contribution in [-0.2, 0) is 4.74 Å². The molecular formula is C8H19N3O. The SMILES string of the molecule is CNCCCNN1CCOCC1. The number of nitrogens with one attached hydrogen (secondary N) is 2. The molecule has 4 heteroatoms. The summed E-state index contributed by atoms with van der Waals surface area (Å²) in [6, 6.07) is 0. The molecule has 1 saturated heterocycles. The van der Waals surface area contributed by atoms with Crippen LogP contribution in [0.3, 0.4) is 0 Å². The summed E-state index contributed by atoms with van der Waals surface area (Å²) in [4.78, 5) is 0. The summed E-state index contributed by atoms with van der Waals surface area (Å²) in [6.07, 6.45) is 1.17. The van der Waals surface area contributed by atoms with Crippen molar-refractivity contribution in [1.82, 2.24) is 15.8 Å². The number of rotatable bonds is 5. The van der Waals surface area contributed by atoms with Crippen molar-refractivity contribution in [2.24, 2.45) is 0 Å². The van der Waals surface area contributed by atoms with Gasteiger partial charge >= 0.3 is 0 Å². The molecule has 1 heterocycles. The van der Waals surface area contributed by atoms with Crippen molar-refractivity contribution in [3.8, 4) is 0 Å². The van der Waals surface area contributed by atoms with Crippen LogP contribution in [-0.4, -0.2) is 51.4 Å². The molecule has 0 radical (unpaired) electrons. The Kier molecular flexibility index (Phi) is 5.27. The molecule has 0 amide bonds. The first-order valence-electron chi connectivity index (χ1n) is 4.64. The standard InChI is InChI=1S/C8H19N3O/c1-9-3-2-4-10-11-5-7-12-8-6-11/h9-10H,2-8H2,1H3. The number of nitrogens with zero attached hydrogens (tertiary/aromatic N) is 1. The molecule has 0 saturated carbocycles. The van der Waals surface area contributed by atoms with E-state index in [9.17, 15) is 0 Å². The fourth-order valence-electron chi connectivity index (χ4n) is 1.22. The van der Waals surface area contributed by atoms with Gasteiger partial charge in [-0.3, -0.25) is 5.43 Å². The quantitative estimate of drug-likeness (QED) is 0.546. The summed E-state index contributed by atoms with van der Waals surface area (Å²) >= 11 is 0. The predicted octanol–water partition coefficient (Wildman–Crippen LogP) is -0.567. The minimum absolute atomic E-state index is 0.860. The van der Waals surface area contributed by atoms with Crippen molar-refractivity contribution in [2.45, 2.75) is 6.42 Å². The predicted molar refractivity (Wildman–Crippen MR) is 48.9 cm³/mol. The van der Waals surface area contributed by atoms with Crippen LogP contribution >= 0.6 is 0 Å². The van der Waals surface area contributed by atoms with Gasteiger partial charge < -0.3 is 10.1 Å². The van der Waals surface area contributed by atoms with Crippen LogP contribution in [0.15, 0.2) is 0 Å². The third kappa shape index (κ3) is 4.01. The summed E-state index contributed by atoms with van der Waals surface area (Å²) in [7, 11) is 1.98. The molecule has 0 aromatic heterocycles. The van der Waals surface area contributed by atoms with E-state index in [1.165, 1.54) is 6.42 Å². The van der Waals surface area contributed by atoms with Crippen molar-refractivity contribution in [3.05, 3.63) is 0 Å². The normalized spacial score (nSPS) is 19.8. The lowest BCUT2D eigenvalue weighted by atomic mass is 10.4. The molecule has 0 aromatic rings. The van der Waals surface area contributed by atoms with Crippen molar-refractivity contribution in [1.29, 1.82) is 0 Å². The summed E-state index contributed by atoms with van der Waals surface area (Å²) in [6.45, 7) is 5.88. The van der Waals surface area contributed by atoms with Gasteiger partial charge in [0.1, 0.15) is 0 Å². The van der Waals surface area contributed by atoms with Crippen LogP contribution in [0.25, 0.3) is 0 Å². The molecule has 1 rings (SSSR count). The highest BCUT2D eigenvalue weighted by Gasteiger charge is 2.07. The number of hydrogen-bond acceptors (Lipinski definition) is 4. The van der Waals surface area contributed by atoms with Gasteiger partial charge in [-0.25, -0.2) is 5.01 Å². The highest BCUT2D eigenvalue weighted by atomic mass is 16.5. The molecule has 12 heavy (non-hydrogen) atoms. The minimum Gasteiger partial charge on any atom is -0.379 e.